The SMILES string of the molecule is CCOC(=O)C(Cc1cccc(Cl)c1)NC(=O)c1ccccc1NC(=O)c1cc2ccccc2[nH]1. The van der Waals surface area contributed by atoms with E-state index in [9.17, 15) is 14.4 Å². The molecule has 8 heteroatoms. The van der Waals surface area contributed by atoms with Gasteiger partial charge in [0.15, 0.2) is 0 Å². The van der Waals surface area contributed by atoms with E-state index in [2.05, 4.69) is 15.6 Å². The van der Waals surface area contributed by atoms with Gasteiger partial charge >= 0.3 is 5.97 Å². The zero-order chi connectivity index (χ0) is 24.8. The normalized spacial score (nSPS) is 11.6. The highest BCUT2D eigenvalue weighted by Crippen LogP contribution is 2.20. The van der Waals surface area contributed by atoms with Gasteiger partial charge in [0, 0.05) is 22.3 Å². The van der Waals surface area contributed by atoms with Crippen molar-refractivity contribution >= 4 is 46.0 Å². The summed E-state index contributed by atoms with van der Waals surface area (Å²) in [6, 6.07) is 22.0. The molecule has 3 aromatic carbocycles. The number of rotatable bonds is 8. The number of benzene rings is 3. The minimum absolute atomic E-state index is 0.178. The number of esters is 1. The number of aromatic amines is 1. The van der Waals surface area contributed by atoms with Crippen molar-refractivity contribution < 1.29 is 19.1 Å². The molecule has 1 heterocycles. The Labute approximate surface area is 207 Å². The van der Waals surface area contributed by atoms with Gasteiger partial charge in [-0.15, -0.1) is 0 Å². The summed E-state index contributed by atoms with van der Waals surface area (Å²) < 4.78 is 5.16. The van der Waals surface area contributed by atoms with E-state index < -0.39 is 17.9 Å². The van der Waals surface area contributed by atoms with Crippen molar-refractivity contribution in [2.75, 3.05) is 11.9 Å². The Morgan fingerprint density at radius 3 is 2.49 bits per heavy atom. The van der Waals surface area contributed by atoms with Crippen molar-refractivity contribution in [1.29, 1.82) is 0 Å². The van der Waals surface area contributed by atoms with E-state index in [-0.39, 0.29) is 24.5 Å². The molecule has 4 aromatic rings. The predicted octanol–water partition coefficient (Wildman–Crippen LogP) is 4.98. The van der Waals surface area contributed by atoms with Crippen molar-refractivity contribution in [2.24, 2.45) is 0 Å². The van der Waals surface area contributed by atoms with Crippen LogP contribution in [0.4, 0.5) is 5.69 Å². The number of halogens is 1. The van der Waals surface area contributed by atoms with Gasteiger partial charge in [0.25, 0.3) is 11.8 Å². The van der Waals surface area contributed by atoms with Gasteiger partial charge in [-0.2, -0.15) is 0 Å². The molecule has 0 spiro atoms. The highest BCUT2D eigenvalue weighted by molar-refractivity contribution is 6.30. The lowest BCUT2D eigenvalue weighted by Crippen LogP contribution is -2.43. The zero-order valence-corrected chi connectivity index (χ0v) is 19.8. The van der Waals surface area contributed by atoms with Crippen LogP contribution < -0.4 is 10.6 Å². The van der Waals surface area contributed by atoms with Crippen LogP contribution in [0.3, 0.4) is 0 Å². The van der Waals surface area contributed by atoms with Crippen molar-refractivity contribution in [3.05, 3.63) is 101 Å². The molecule has 7 nitrogen and oxygen atoms in total. The topological polar surface area (TPSA) is 100 Å². The van der Waals surface area contributed by atoms with Crippen molar-refractivity contribution in [2.45, 2.75) is 19.4 Å². The molecule has 178 valence electrons. The lowest BCUT2D eigenvalue weighted by molar-refractivity contribution is -0.145. The van der Waals surface area contributed by atoms with Gasteiger partial charge < -0.3 is 20.4 Å². The van der Waals surface area contributed by atoms with Crippen molar-refractivity contribution in [3.8, 4) is 0 Å². The zero-order valence-electron chi connectivity index (χ0n) is 19.0. The summed E-state index contributed by atoms with van der Waals surface area (Å²) in [5.74, 6) is -1.46. The maximum absolute atomic E-state index is 13.2. The summed E-state index contributed by atoms with van der Waals surface area (Å²) in [5, 5.41) is 6.97. The molecule has 35 heavy (non-hydrogen) atoms. The van der Waals surface area contributed by atoms with Crippen molar-refractivity contribution in [1.82, 2.24) is 10.3 Å². The fourth-order valence-electron chi connectivity index (χ4n) is 3.75. The van der Waals surface area contributed by atoms with Crippen LogP contribution in [-0.4, -0.2) is 35.4 Å². The molecule has 4 rings (SSSR count). The lowest BCUT2D eigenvalue weighted by Gasteiger charge is -2.19. The Bertz CT molecular complexity index is 1350. The van der Waals surface area contributed by atoms with E-state index >= 15 is 0 Å². The Hall–Kier alpha value is -4.10. The Balaban J connectivity index is 1.54. The maximum Gasteiger partial charge on any atom is 0.328 e. The van der Waals surface area contributed by atoms with Crippen LogP contribution in [0, 0.1) is 0 Å². The van der Waals surface area contributed by atoms with E-state index in [0.29, 0.717) is 16.4 Å². The number of fused-ring (bicyclic) bond motifs is 1. The highest BCUT2D eigenvalue weighted by atomic mass is 35.5. The van der Waals surface area contributed by atoms with Crippen LogP contribution in [-0.2, 0) is 16.0 Å². The van der Waals surface area contributed by atoms with Crippen molar-refractivity contribution in [3.63, 3.8) is 0 Å². The fourth-order valence-corrected chi connectivity index (χ4v) is 3.96. The number of carbonyl (C=O) groups excluding carboxylic acids is 3. The first-order valence-corrected chi connectivity index (χ1v) is 11.5. The van der Waals surface area contributed by atoms with Crippen LogP contribution in [0.15, 0.2) is 78.9 Å². The quantitative estimate of drug-likeness (QED) is 0.304. The second kappa shape index (κ2) is 10.9. The van der Waals surface area contributed by atoms with Gasteiger partial charge in [-0.3, -0.25) is 9.59 Å². The monoisotopic (exact) mass is 489 g/mol. The Kier molecular flexibility index (Phi) is 7.48. The van der Waals surface area contributed by atoms with Gasteiger partial charge in [0.1, 0.15) is 11.7 Å². The molecule has 1 atom stereocenters. The van der Waals surface area contributed by atoms with Crippen LogP contribution in [0.5, 0.6) is 0 Å². The molecule has 1 aromatic heterocycles. The van der Waals surface area contributed by atoms with Gasteiger partial charge in [0.2, 0.25) is 0 Å². The average molecular weight is 490 g/mol. The van der Waals surface area contributed by atoms with Gasteiger partial charge in [-0.1, -0.05) is 54.1 Å². The molecule has 0 saturated carbocycles. The minimum Gasteiger partial charge on any atom is -0.464 e. The molecule has 2 amide bonds. The molecule has 0 bridgehead atoms. The number of nitrogens with one attached hydrogen (secondary N) is 3. The second-order valence-corrected chi connectivity index (χ2v) is 8.32. The maximum atomic E-state index is 13.2. The molecule has 0 aliphatic carbocycles. The standard InChI is InChI=1S/C27H24ClN3O4/c1-2-35-27(34)24(15-17-8-7-10-19(28)14-17)31-25(32)20-11-4-6-13-22(20)30-26(33)23-16-18-9-3-5-12-21(18)29-23/h3-14,16,24,29H,2,15H2,1H3,(H,30,33)(H,31,32). The summed E-state index contributed by atoms with van der Waals surface area (Å²) in [6.07, 6.45) is 0.203. The molecular formula is C27H24ClN3O4. The van der Waals surface area contributed by atoms with E-state index in [1.54, 1.807) is 55.5 Å². The summed E-state index contributed by atoms with van der Waals surface area (Å²) in [7, 11) is 0. The largest absolute Gasteiger partial charge is 0.464 e. The number of aromatic nitrogens is 1. The molecule has 1 unspecified atom stereocenters. The smallest absolute Gasteiger partial charge is 0.328 e. The summed E-state index contributed by atoms with van der Waals surface area (Å²) in [5.41, 5.74) is 2.52. The lowest BCUT2D eigenvalue weighted by atomic mass is 10.0. The first-order valence-electron chi connectivity index (χ1n) is 11.1. The molecule has 0 radical (unpaired) electrons. The third kappa shape index (κ3) is 5.88. The number of carbonyl (C=O) groups is 3. The van der Waals surface area contributed by atoms with Crippen LogP contribution >= 0.6 is 11.6 Å². The van der Waals surface area contributed by atoms with Crippen LogP contribution in [0.2, 0.25) is 5.02 Å². The average Bonchev–Trinajstić information content (AvgIpc) is 3.29. The number of hydrogen-bond acceptors (Lipinski definition) is 4. The van der Waals surface area contributed by atoms with E-state index in [4.69, 9.17) is 16.3 Å². The summed E-state index contributed by atoms with van der Waals surface area (Å²) >= 11 is 6.07. The first-order chi connectivity index (χ1) is 16.9. The van der Waals surface area contributed by atoms with Crippen LogP contribution in [0.1, 0.15) is 33.3 Å². The number of H-pyrrole nitrogens is 1. The van der Waals surface area contributed by atoms with Gasteiger partial charge in [0.05, 0.1) is 17.9 Å². The fraction of sp³-hybridized carbons (Fsp3) is 0.148. The number of anilines is 1. The minimum atomic E-state index is -0.932. The number of amides is 2. The summed E-state index contributed by atoms with van der Waals surface area (Å²) in [6.45, 7) is 1.88. The molecule has 0 fully saturated rings. The molecule has 0 aliphatic heterocycles. The Morgan fingerprint density at radius 2 is 1.71 bits per heavy atom. The molecule has 0 aliphatic rings. The summed E-state index contributed by atoms with van der Waals surface area (Å²) in [4.78, 5) is 41.7. The molecular weight excluding hydrogens is 466 g/mol. The molecule has 3 N–H and O–H groups in total. The van der Waals surface area contributed by atoms with Crippen LogP contribution in [0.25, 0.3) is 10.9 Å². The van der Waals surface area contributed by atoms with E-state index in [0.717, 1.165) is 16.5 Å². The van der Waals surface area contributed by atoms with Gasteiger partial charge in [-0.25, -0.2) is 4.79 Å². The number of hydrogen-bond donors (Lipinski definition) is 3. The third-order valence-electron chi connectivity index (χ3n) is 5.40. The number of ether oxygens (including phenoxy) is 1. The predicted molar refractivity (Wildman–Crippen MR) is 136 cm³/mol. The molecule has 0 saturated heterocycles. The highest BCUT2D eigenvalue weighted by Gasteiger charge is 2.25. The number of para-hydroxylation sites is 2. The second-order valence-electron chi connectivity index (χ2n) is 7.88. The third-order valence-corrected chi connectivity index (χ3v) is 5.63. The van der Waals surface area contributed by atoms with E-state index in [1.165, 1.54) is 0 Å². The first kappa shape index (κ1) is 24.0. The Morgan fingerprint density at radius 1 is 0.943 bits per heavy atom. The van der Waals surface area contributed by atoms with Gasteiger partial charge in [-0.05, 0) is 48.9 Å². The van der Waals surface area contributed by atoms with E-state index in [1.807, 2.05) is 30.3 Å².